The molecular weight excluding hydrogens is 342 g/mol. The average molecular weight is 378 g/mol. The second-order valence-corrected chi connectivity index (χ2v) is 7.90. The van der Waals surface area contributed by atoms with E-state index in [-0.39, 0.29) is 0 Å². The lowest BCUT2D eigenvalue weighted by molar-refractivity contribution is 0.0501. The van der Waals surface area contributed by atoms with E-state index >= 15 is 0 Å². The van der Waals surface area contributed by atoms with Gasteiger partial charge in [0, 0.05) is 56.9 Å². The summed E-state index contributed by atoms with van der Waals surface area (Å²) in [5, 5.41) is 14.1. The summed E-state index contributed by atoms with van der Waals surface area (Å²) >= 11 is 0. The van der Waals surface area contributed by atoms with Crippen LogP contribution in [-0.2, 0) is 6.54 Å². The molecule has 1 saturated heterocycles. The number of β-amino-alcohol motifs (C(OH)–C–C–N with tert-alkyl or cyclic N) is 1. The van der Waals surface area contributed by atoms with Gasteiger partial charge in [-0.3, -0.25) is 4.90 Å². The minimum Gasteiger partial charge on any atom is -0.497 e. The second-order valence-electron chi connectivity index (χ2n) is 7.90. The number of ether oxygens (including phenoxy) is 2. The number of piperazine rings is 1. The Morgan fingerprint density at radius 2 is 1.93 bits per heavy atom. The van der Waals surface area contributed by atoms with Crippen molar-refractivity contribution in [1.29, 1.82) is 0 Å². The molecule has 0 amide bonds. The molecule has 6 heteroatoms. The Bertz CT molecular complexity index is 570. The number of rotatable bonds is 9. The van der Waals surface area contributed by atoms with Gasteiger partial charge >= 0.3 is 0 Å². The minimum atomic E-state index is -0.491. The smallest absolute Gasteiger partial charge is 0.127 e. The summed E-state index contributed by atoms with van der Waals surface area (Å²) in [6, 6.07) is 6.57. The molecule has 1 aliphatic heterocycles. The highest BCUT2D eigenvalue weighted by atomic mass is 16.5. The molecule has 2 N–H and O–H groups in total. The molecule has 1 aromatic carbocycles. The number of aliphatic hydroxyl groups is 1. The van der Waals surface area contributed by atoms with E-state index in [1.54, 1.807) is 7.11 Å². The van der Waals surface area contributed by atoms with Crippen molar-refractivity contribution < 1.29 is 14.6 Å². The lowest BCUT2D eigenvalue weighted by Crippen LogP contribution is -2.47. The highest BCUT2D eigenvalue weighted by Gasteiger charge is 2.19. The summed E-state index contributed by atoms with van der Waals surface area (Å²) in [5.74, 6) is 1.58. The van der Waals surface area contributed by atoms with Gasteiger partial charge in [0.2, 0.25) is 0 Å². The topological polar surface area (TPSA) is 57.2 Å². The fraction of sp³-hybridized carbons (Fsp3) is 0.714. The zero-order valence-corrected chi connectivity index (χ0v) is 16.8. The molecule has 0 bridgehead atoms. The number of likely N-dealkylation sites (N-methyl/N-ethyl adjacent to an activating group) is 1. The molecule has 0 aromatic heterocycles. The highest BCUT2D eigenvalue weighted by molar-refractivity contribution is 5.40. The van der Waals surface area contributed by atoms with Crippen molar-refractivity contribution in [2.75, 3.05) is 53.5 Å². The van der Waals surface area contributed by atoms with Crippen LogP contribution in [0.25, 0.3) is 0 Å². The average Bonchev–Trinajstić information content (AvgIpc) is 3.20. The zero-order valence-electron chi connectivity index (χ0n) is 16.8. The molecule has 1 saturated carbocycles. The van der Waals surface area contributed by atoms with Gasteiger partial charge in [0.25, 0.3) is 0 Å². The van der Waals surface area contributed by atoms with Crippen molar-refractivity contribution in [2.45, 2.75) is 44.4 Å². The first-order valence-electron chi connectivity index (χ1n) is 10.3. The molecule has 0 spiro atoms. The second kappa shape index (κ2) is 10.3. The molecule has 2 fully saturated rings. The Balaban J connectivity index is 1.52. The first-order valence-corrected chi connectivity index (χ1v) is 10.3. The first-order chi connectivity index (χ1) is 13.1. The van der Waals surface area contributed by atoms with Crippen LogP contribution in [-0.4, -0.2) is 80.5 Å². The fourth-order valence-electron chi connectivity index (χ4n) is 3.89. The van der Waals surface area contributed by atoms with Crippen LogP contribution in [0.3, 0.4) is 0 Å². The minimum absolute atomic E-state index is 0.302. The van der Waals surface area contributed by atoms with Gasteiger partial charge in [-0.15, -0.1) is 0 Å². The lowest BCUT2D eigenvalue weighted by atomic mass is 10.1. The molecule has 1 unspecified atom stereocenters. The summed E-state index contributed by atoms with van der Waals surface area (Å²) in [6.45, 7) is 5.87. The van der Waals surface area contributed by atoms with Crippen LogP contribution in [0.1, 0.15) is 31.2 Å². The van der Waals surface area contributed by atoms with Gasteiger partial charge in [0.15, 0.2) is 0 Å². The van der Waals surface area contributed by atoms with Crippen LogP contribution >= 0.6 is 0 Å². The van der Waals surface area contributed by atoms with Gasteiger partial charge in [0.05, 0.1) is 7.11 Å². The van der Waals surface area contributed by atoms with Crippen molar-refractivity contribution in [2.24, 2.45) is 0 Å². The molecule has 0 radical (unpaired) electrons. The van der Waals surface area contributed by atoms with E-state index in [0.29, 0.717) is 19.2 Å². The van der Waals surface area contributed by atoms with Gasteiger partial charge in [-0.05, 0) is 26.0 Å². The quantitative estimate of drug-likeness (QED) is 0.683. The molecule has 27 heavy (non-hydrogen) atoms. The predicted octanol–water partition coefficient (Wildman–Crippen LogP) is 1.71. The summed E-state index contributed by atoms with van der Waals surface area (Å²) in [4.78, 5) is 4.63. The Kier molecular flexibility index (Phi) is 7.76. The zero-order chi connectivity index (χ0) is 19.1. The van der Waals surface area contributed by atoms with Crippen molar-refractivity contribution >= 4 is 0 Å². The molecule has 1 aromatic rings. The molecular formula is C21H35N3O3. The summed E-state index contributed by atoms with van der Waals surface area (Å²) in [7, 11) is 3.80. The van der Waals surface area contributed by atoms with Crippen LogP contribution in [0.2, 0.25) is 0 Å². The third-order valence-electron chi connectivity index (χ3n) is 5.71. The van der Waals surface area contributed by atoms with Gasteiger partial charge in [-0.2, -0.15) is 0 Å². The third kappa shape index (κ3) is 6.35. The highest BCUT2D eigenvalue weighted by Crippen LogP contribution is 2.26. The molecule has 1 heterocycles. The summed E-state index contributed by atoms with van der Waals surface area (Å²) in [5.41, 5.74) is 1.12. The van der Waals surface area contributed by atoms with E-state index in [4.69, 9.17) is 9.47 Å². The number of benzene rings is 1. The largest absolute Gasteiger partial charge is 0.497 e. The maximum atomic E-state index is 10.4. The van der Waals surface area contributed by atoms with E-state index in [0.717, 1.165) is 49.8 Å². The van der Waals surface area contributed by atoms with Crippen molar-refractivity contribution in [3.8, 4) is 11.5 Å². The number of hydrogen-bond acceptors (Lipinski definition) is 6. The Morgan fingerprint density at radius 3 is 2.63 bits per heavy atom. The van der Waals surface area contributed by atoms with Crippen molar-refractivity contribution in [3.63, 3.8) is 0 Å². The number of methoxy groups -OCH3 is 1. The Morgan fingerprint density at radius 1 is 1.19 bits per heavy atom. The monoisotopic (exact) mass is 377 g/mol. The Labute approximate surface area is 163 Å². The van der Waals surface area contributed by atoms with E-state index < -0.39 is 6.10 Å². The van der Waals surface area contributed by atoms with Gasteiger partial charge in [0.1, 0.15) is 24.2 Å². The Hall–Kier alpha value is -1.34. The first kappa shape index (κ1) is 20.4. The lowest BCUT2D eigenvalue weighted by Gasteiger charge is -2.33. The maximum Gasteiger partial charge on any atom is 0.127 e. The van der Waals surface area contributed by atoms with Crippen LogP contribution in [0.4, 0.5) is 0 Å². The van der Waals surface area contributed by atoms with Crippen LogP contribution in [0, 0.1) is 0 Å². The van der Waals surface area contributed by atoms with Gasteiger partial charge < -0.3 is 24.8 Å². The summed E-state index contributed by atoms with van der Waals surface area (Å²) in [6.07, 6.45) is 4.67. The SMILES string of the molecule is COc1ccc(CNC2CCCC2)c(OCC(O)CN2CCN(C)CC2)c1. The molecule has 6 nitrogen and oxygen atoms in total. The van der Waals surface area contributed by atoms with Crippen molar-refractivity contribution in [3.05, 3.63) is 23.8 Å². The number of hydrogen-bond donors (Lipinski definition) is 2. The molecule has 1 atom stereocenters. The van der Waals surface area contributed by atoms with E-state index in [2.05, 4.69) is 28.2 Å². The number of aliphatic hydroxyl groups excluding tert-OH is 1. The summed E-state index contributed by atoms with van der Waals surface area (Å²) < 4.78 is 11.4. The standard InChI is InChI=1S/C21H35N3O3/c1-23-9-11-24(12-10-23)15-19(25)16-27-21-13-20(26-2)8-7-17(21)14-22-18-5-3-4-6-18/h7-8,13,18-19,22,25H,3-6,9-12,14-16H2,1-2H3. The van der Waals surface area contributed by atoms with E-state index in [1.807, 2.05) is 12.1 Å². The van der Waals surface area contributed by atoms with Crippen LogP contribution in [0.5, 0.6) is 11.5 Å². The van der Waals surface area contributed by atoms with Gasteiger partial charge in [-0.25, -0.2) is 0 Å². The fourth-order valence-corrected chi connectivity index (χ4v) is 3.89. The van der Waals surface area contributed by atoms with Crippen LogP contribution < -0.4 is 14.8 Å². The van der Waals surface area contributed by atoms with E-state index in [1.165, 1.54) is 25.7 Å². The third-order valence-corrected chi connectivity index (χ3v) is 5.71. The predicted molar refractivity (Wildman–Crippen MR) is 108 cm³/mol. The molecule has 2 aliphatic rings. The number of nitrogens with one attached hydrogen (secondary N) is 1. The van der Waals surface area contributed by atoms with Gasteiger partial charge in [-0.1, -0.05) is 18.9 Å². The number of nitrogens with zero attached hydrogens (tertiary/aromatic N) is 2. The molecule has 3 rings (SSSR count). The molecule has 152 valence electrons. The van der Waals surface area contributed by atoms with Crippen molar-refractivity contribution in [1.82, 2.24) is 15.1 Å². The maximum absolute atomic E-state index is 10.4. The van der Waals surface area contributed by atoms with E-state index in [9.17, 15) is 5.11 Å². The normalized spacial score (nSPS) is 20.7. The molecule has 1 aliphatic carbocycles. The van der Waals surface area contributed by atoms with Crippen LogP contribution in [0.15, 0.2) is 18.2 Å².